The maximum Gasteiger partial charge on any atom is 0.0379 e. The average molecular weight is 142 g/mol. The Morgan fingerprint density at radius 2 is 2.36 bits per heavy atom. The van der Waals surface area contributed by atoms with E-state index in [1.165, 1.54) is 0 Å². The van der Waals surface area contributed by atoms with Crippen molar-refractivity contribution in [2.75, 3.05) is 0 Å². The highest BCUT2D eigenvalue weighted by molar-refractivity contribution is 5.81. The molecule has 0 aliphatic rings. The molecule has 1 nitrogen and oxygen atoms in total. The number of pyridine rings is 1. The van der Waals surface area contributed by atoms with E-state index in [2.05, 4.69) is 11.1 Å². The molecule has 0 aliphatic carbocycles. The van der Waals surface area contributed by atoms with Crippen molar-refractivity contribution in [3.63, 3.8) is 0 Å². The van der Waals surface area contributed by atoms with Crippen molar-refractivity contribution in [1.29, 1.82) is 0 Å². The van der Waals surface area contributed by atoms with Gasteiger partial charge in [0.25, 0.3) is 0 Å². The minimum absolute atomic E-state index is 1.04. The van der Waals surface area contributed by atoms with E-state index in [4.69, 9.17) is 0 Å². The normalized spacial score (nSPS) is 10.3. The zero-order valence-electron chi connectivity index (χ0n) is 6.33. The van der Waals surface area contributed by atoms with E-state index in [0.29, 0.717) is 0 Å². The molecule has 11 heavy (non-hydrogen) atoms. The van der Waals surface area contributed by atoms with Gasteiger partial charge < -0.3 is 0 Å². The van der Waals surface area contributed by atoms with E-state index in [1.54, 1.807) is 0 Å². The summed E-state index contributed by atoms with van der Waals surface area (Å²) >= 11 is 0. The minimum Gasteiger partial charge on any atom is -0.261 e. The number of nitrogens with zero attached hydrogens (tertiary/aromatic N) is 1. The summed E-state index contributed by atoms with van der Waals surface area (Å²) in [4.78, 5) is 4.19. The molecule has 0 fully saturated rings. The molecule has 0 N–H and O–H groups in total. The number of rotatable bonds is 0. The van der Waals surface area contributed by atoms with Gasteiger partial charge in [0, 0.05) is 17.3 Å². The van der Waals surface area contributed by atoms with Gasteiger partial charge in [-0.25, -0.2) is 0 Å². The zero-order chi connectivity index (χ0) is 7.68. The molecule has 1 aromatic carbocycles. The average Bonchev–Trinajstić information content (AvgIpc) is 2.04. The molecular formula is C10H8N. The Morgan fingerprint density at radius 1 is 1.45 bits per heavy atom. The van der Waals surface area contributed by atoms with Crippen molar-refractivity contribution in [2.24, 2.45) is 0 Å². The summed E-state index contributed by atoms with van der Waals surface area (Å²) in [5, 5.41) is 2.29. The van der Waals surface area contributed by atoms with Crippen LogP contribution in [0.25, 0.3) is 10.8 Å². The summed E-state index contributed by atoms with van der Waals surface area (Å²) in [6, 6.07) is 11.1. The smallest absolute Gasteiger partial charge is 0.0379 e. The zero-order valence-corrected chi connectivity index (χ0v) is 6.33. The van der Waals surface area contributed by atoms with Crippen LogP contribution >= 0.6 is 0 Å². The van der Waals surface area contributed by atoms with Crippen LogP contribution in [-0.2, 0) is 0 Å². The quantitative estimate of drug-likeness (QED) is 0.550. The first-order valence-electron chi connectivity index (χ1n) is 3.59. The Balaban J connectivity index is 2.83. The van der Waals surface area contributed by atoms with Crippen LogP contribution in [-0.4, -0.2) is 4.98 Å². The lowest BCUT2D eigenvalue weighted by Crippen LogP contribution is -1.79. The summed E-state index contributed by atoms with van der Waals surface area (Å²) in [7, 11) is 0. The molecule has 2 rings (SSSR count). The fourth-order valence-corrected chi connectivity index (χ4v) is 1.12. The first-order valence-corrected chi connectivity index (χ1v) is 3.59. The number of fused-ring (bicyclic) bond motifs is 1. The Hall–Kier alpha value is -1.37. The molecule has 1 aromatic heterocycles. The van der Waals surface area contributed by atoms with Crippen molar-refractivity contribution in [3.05, 3.63) is 42.2 Å². The Kier molecular flexibility index (Phi) is 1.35. The summed E-state index contributed by atoms with van der Waals surface area (Å²) < 4.78 is 0. The number of aryl methyl sites for hydroxylation is 1. The second-order valence-electron chi connectivity index (χ2n) is 2.58. The molecule has 0 unspecified atom stereocenters. The molecule has 1 heteroatoms. The van der Waals surface area contributed by atoms with Crippen LogP contribution in [0.2, 0.25) is 0 Å². The van der Waals surface area contributed by atoms with Gasteiger partial charge >= 0.3 is 0 Å². The van der Waals surface area contributed by atoms with Crippen molar-refractivity contribution in [1.82, 2.24) is 4.98 Å². The largest absolute Gasteiger partial charge is 0.261 e. The lowest BCUT2D eigenvalue weighted by molar-refractivity contribution is 1.22. The molecule has 0 bridgehead atoms. The predicted octanol–water partition coefficient (Wildman–Crippen LogP) is 2.34. The first-order chi connectivity index (χ1) is 5.36. The summed E-state index contributed by atoms with van der Waals surface area (Å²) in [5.74, 6) is 0. The van der Waals surface area contributed by atoms with Crippen LogP contribution in [0.4, 0.5) is 0 Å². The number of benzene rings is 1. The van der Waals surface area contributed by atoms with Crippen LogP contribution in [0, 0.1) is 13.0 Å². The second-order valence-corrected chi connectivity index (χ2v) is 2.58. The molecule has 1 heterocycles. The molecular weight excluding hydrogens is 134 g/mol. The Bertz CT molecular complexity index is 379. The van der Waals surface area contributed by atoms with E-state index in [-0.39, 0.29) is 0 Å². The molecule has 53 valence electrons. The maximum atomic E-state index is 4.19. The summed E-state index contributed by atoms with van der Waals surface area (Å²) in [6.07, 6.45) is 1.88. The standard InChI is InChI=1S/C10H8N/c1-8-6-9-4-2-3-5-10(9)7-11-8/h2-3,5-7H,1H3. The summed E-state index contributed by atoms with van der Waals surface area (Å²) in [5.41, 5.74) is 1.04. The molecule has 0 amide bonds. The third-order valence-electron chi connectivity index (χ3n) is 1.68. The van der Waals surface area contributed by atoms with Crippen LogP contribution in [0.15, 0.2) is 30.5 Å². The third kappa shape index (κ3) is 1.09. The van der Waals surface area contributed by atoms with Gasteiger partial charge in [0.15, 0.2) is 0 Å². The lowest BCUT2D eigenvalue weighted by Gasteiger charge is -1.95. The van der Waals surface area contributed by atoms with Crippen molar-refractivity contribution in [3.8, 4) is 0 Å². The van der Waals surface area contributed by atoms with E-state index < -0.39 is 0 Å². The van der Waals surface area contributed by atoms with Crippen molar-refractivity contribution < 1.29 is 0 Å². The van der Waals surface area contributed by atoms with E-state index in [0.717, 1.165) is 16.5 Å². The molecule has 2 aromatic rings. The van der Waals surface area contributed by atoms with Gasteiger partial charge in [-0.1, -0.05) is 18.2 Å². The third-order valence-corrected chi connectivity index (χ3v) is 1.68. The second kappa shape index (κ2) is 2.35. The van der Waals surface area contributed by atoms with E-state index in [1.807, 2.05) is 37.4 Å². The van der Waals surface area contributed by atoms with Crippen LogP contribution in [0.3, 0.4) is 0 Å². The Labute approximate surface area is 65.7 Å². The van der Waals surface area contributed by atoms with Crippen molar-refractivity contribution in [2.45, 2.75) is 6.92 Å². The van der Waals surface area contributed by atoms with Crippen molar-refractivity contribution >= 4 is 10.8 Å². The molecule has 0 saturated carbocycles. The lowest BCUT2D eigenvalue weighted by atomic mass is 10.1. The minimum atomic E-state index is 1.04. The summed E-state index contributed by atoms with van der Waals surface area (Å²) in [6.45, 7) is 1.99. The molecule has 0 atom stereocenters. The highest BCUT2D eigenvalue weighted by atomic mass is 14.6. The molecule has 1 radical (unpaired) electrons. The van der Waals surface area contributed by atoms with Gasteiger partial charge in [0.05, 0.1) is 0 Å². The van der Waals surface area contributed by atoms with Gasteiger partial charge in [-0.2, -0.15) is 0 Å². The monoisotopic (exact) mass is 142 g/mol. The highest BCUT2D eigenvalue weighted by Crippen LogP contribution is 2.11. The molecule has 0 saturated heterocycles. The number of hydrogen-bond donors (Lipinski definition) is 0. The van der Waals surface area contributed by atoms with E-state index >= 15 is 0 Å². The van der Waals surface area contributed by atoms with Gasteiger partial charge in [-0.15, -0.1) is 0 Å². The topological polar surface area (TPSA) is 12.9 Å². The van der Waals surface area contributed by atoms with Gasteiger partial charge in [0.1, 0.15) is 0 Å². The fourth-order valence-electron chi connectivity index (χ4n) is 1.12. The van der Waals surface area contributed by atoms with Crippen LogP contribution in [0.5, 0.6) is 0 Å². The first kappa shape index (κ1) is 6.35. The van der Waals surface area contributed by atoms with E-state index in [9.17, 15) is 0 Å². The molecule has 0 aliphatic heterocycles. The maximum absolute atomic E-state index is 4.19. The Morgan fingerprint density at radius 3 is 3.27 bits per heavy atom. The number of aromatic nitrogens is 1. The van der Waals surface area contributed by atoms with Crippen LogP contribution in [0.1, 0.15) is 5.69 Å². The van der Waals surface area contributed by atoms with Gasteiger partial charge in [0.2, 0.25) is 0 Å². The molecule has 0 spiro atoms. The fraction of sp³-hybridized carbons (Fsp3) is 0.100. The SMILES string of the molecule is Cc1cc2[c]cccc2cn1. The predicted molar refractivity (Wildman–Crippen MR) is 45.3 cm³/mol. The van der Waals surface area contributed by atoms with Gasteiger partial charge in [-0.05, 0) is 24.4 Å². The van der Waals surface area contributed by atoms with Crippen LogP contribution < -0.4 is 0 Å². The number of hydrogen-bond acceptors (Lipinski definition) is 1. The van der Waals surface area contributed by atoms with Gasteiger partial charge in [-0.3, -0.25) is 4.98 Å². The highest BCUT2D eigenvalue weighted by Gasteiger charge is 1.91.